The number of hydrogen-bond donors (Lipinski definition) is 3. The second kappa shape index (κ2) is 9.38. The number of aromatic amines is 1. The Morgan fingerprint density at radius 3 is 2.78 bits per heavy atom. The van der Waals surface area contributed by atoms with Gasteiger partial charge < -0.3 is 10.6 Å². The molecular formula is C22H24N8O2. The van der Waals surface area contributed by atoms with Crippen molar-refractivity contribution in [2.45, 2.75) is 33.4 Å². The minimum atomic E-state index is -0.324. The average molecular weight is 432 g/mol. The van der Waals surface area contributed by atoms with E-state index in [0.717, 1.165) is 17.7 Å². The molecule has 1 amide bonds. The monoisotopic (exact) mass is 432 g/mol. The van der Waals surface area contributed by atoms with Gasteiger partial charge in [0.2, 0.25) is 11.6 Å². The molecule has 1 aromatic carbocycles. The summed E-state index contributed by atoms with van der Waals surface area (Å²) >= 11 is 0. The standard InChI is InChI=1S/C22H24N8O2/c1-14-11-25-21(23-9-8-16-6-4-3-5-7-16)22(32)30(14)13-19(31)24-12-17-10-18-20(26-15(17)2)28-29-27-18/h3-7,10-11H,8-9,12-13H2,1-2H3,(H,23,25)(H,24,31)(H,26,27,28,29). The first kappa shape index (κ1) is 21.2. The van der Waals surface area contributed by atoms with Crippen molar-refractivity contribution in [3.8, 4) is 0 Å². The van der Waals surface area contributed by atoms with Crippen molar-refractivity contribution in [3.05, 3.63) is 75.5 Å². The number of carbonyl (C=O) groups excluding carboxylic acids is 1. The molecule has 4 aromatic rings. The third-order valence-corrected chi connectivity index (χ3v) is 5.19. The van der Waals surface area contributed by atoms with Gasteiger partial charge in [0.15, 0.2) is 5.82 Å². The van der Waals surface area contributed by atoms with E-state index in [1.54, 1.807) is 13.1 Å². The van der Waals surface area contributed by atoms with Gasteiger partial charge in [-0.25, -0.2) is 9.97 Å². The van der Waals surface area contributed by atoms with Crippen LogP contribution in [-0.2, 0) is 24.3 Å². The van der Waals surface area contributed by atoms with Crippen molar-refractivity contribution < 1.29 is 4.79 Å². The molecular weight excluding hydrogens is 408 g/mol. The molecule has 32 heavy (non-hydrogen) atoms. The Morgan fingerprint density at radius 2 is 1.97 bits per heavy atom. The van der Waals surface area contributed by atoms with E-state index in [1.807, 2.05) is 43.3 Å². The molecule has 4 rings (SSSR count). The fourth-order valence-corrected chi connectivity index (χ4v) is 3.34. The maximum Gasteiger partial charge on any atom is 0.293 e. The molecule has 0 saturated carbocycles. The third kappa shape index (κ3) is 4.80. The Balaban J connectivity index is 1.39. The fraction of sp³-hybridized carbons (Fsp3) is 0.273. The van der Waals surface area contributed by atoms with Gasteiger partial charge in [0.25, 0.3) is 5.56 Å². The molecule has 0 fully saturated rings. The summed E-state index contributed by atoms with van der Waals surface area (Å²) in [4.78, 5) is 34.0. The van der Waals surface area contributed by atoms with Gasteiger partial charge in [0, 0.05) is 30.7 Å². The number of aromatic nitrogens is 6. The number of rotatable bonds is 8. The molecule has 3 aromatic heterocycles. The van der Waals surface area contributed by atoms with Gasteiger partial charge in [-0.05, 0) is 37.5 Å². The number of fused-ring (bicyclic) bond motifs is 1. The lowest BCUT2D eigenvalue weighted by Crippen LogP contribution is -2.34. The van der Waals surface area contributed by atoms with Crippen molar-refractivity contribution >= 4 is 22.9 Å². The molecule has 10 nitrogen and oxygen atoms in total. The van der Waals surface area contributed by atoms with Crippen LogP contribution in [0.3, 0.4) is 0 Å². The predicted molar refractivity (Wildman–Crippen MR) is 120 cm³/mol. The largest absolute Gasteiger partial charge is 0.365 e. The van der Waals surface area contributed by atoms with Gasteiger partial charge in [0.05, 0.1) is 0 Å². The fourth-order valence-electron chi connectivity index (χ4n) is 3.34. The highest BCUT2D eigenvalue weighted by atomic mass is 16.2. The van der Waals surface area contributed by atoms with Crippen molar-refractivity contribution in [1.29, 1.82) is 0 Å². The van der Waals surface area contributed by atoms with Crippen molar-refractivity contribution in [1.82, 2.24) is 35.3 Å². The molecule has 10 heteroatoms. The number of benzene rings is 1. The van der Waals surface area contributed by atoms with Crippen LogP contribution in [-0.4, -0.2) is 42.4 Å². The summed E-state index contributed by atoms with van der Waals surface area (Å²) in [6.45, 7) is 4.35. The molecule has 0 saturated heterocycles. The minimum Gasteiger partial charge on any atom is -0.365 e. The smallest absolute Gasteiger partial charge is 0.293 e. The van der Waals surface area contributed by atoms with Crippen LogP contribution in [0.15, 0.2) is 47.4 Å². The summed E-state index contributed by atoms with van der Waals surface area (Å²) < 4.78 is 1.42. The number of pyridine rings is 1. The minimum absolute atomic E-state index is 0.0980. The van der Waals surface area contributed by atoms with Gasteiger partial charge in [-0.3, -0.25) is 14.2 Å². The molecule has 0 atom stereocenters. The Labute approximate surface area is 184 Å². The number of carbonyl (C=O) groups is 1. The Morgan fingerprint density at radius 1 is 1.16 bits per heavy atom. The maximum absolute atomic E-state index is 12.8. The highest BCUT2D eigenvalue weighted by molar-refractivity contribution is 5.76. The van der Waals surface area contributed by atoms with Crippen LogP contribution >= 0.6 is 0 Å². The Kier molecular flexibility index (Phi) is 6.20. The first-order valence-electron chi connectivity index (χ1n) is 10.3. The summed E-state index contributed by atoms with van der Waals surface area (Å²) in [6, 6.07) is 11.8. The van der Waals surface area contributed by atoms with Gasteiger partial charge in [-0.15, -0.1) is 5.10 Å². The quantitative estimate of drug-likeness (QED) is 0.385. The van der Waals surface area contributed by atoms with Crippen molar-refractivity contribution in [3.63, 3.8) is 0 Å². The number of amides is 1. The molecule has 164 valence electrons. The predicted octanol–water partition coefficient (Wildman–Crippen LogP) is 1.50. The number of hydrogen-bond acceptors (Lipinski definition) is 7. The van der Waals surface area contributed by atoms with E-state index in [9.17, 15) is 9.59 Å². The van der Waals surface area contributed by atoms with Crippen molar-refractivity contribution in [2.75, 3.05) is 11.9 Å². The Bertz CT molecular complexity index is 1300. The SMILES string of the molecule is Cc1nc2n[nH]nc2cc1CNC(=O)Cn1c(C)cnc(NCCc2ccccc2)c1=O. The normalized spacial score (nSPS) is 10.9. The number of aryl methyl sites for hydroxylation is 2. The molecule has 3 heterocycles. The first-order chi connectivity index (χ1) is 15.5. The van der Waals surface area contributed by atoms with Crippen molar-refractivity contribution in [2.24, 2.45) is 0 Å². The molecule has 0 unspecified atom stereocenters. The summed E-state index contributed by atoms with van der Waals surface area (Å²) in [5, 5.41) is 16.4. The van der Waals surface area contributed by atoms with Gasteiger partial charge in [-0.1, -0.05) is 30.3 Å². The van der Waals surface area contributed by atoms with Crippen LogP contribution in [0, 0.1) is 13.8 Å². The third-order valence-electron chi connectivity index (χ3n) is 5.19. The van der Waals surface area contributed by atoms with E-state index in [1.165, 1.54) is 10.1 Å². The first-order valence-corrected chi connectivity index (χ1v) is 10.3. The zero-order chi connectivity index (χ0) is 22.5. The lowest BCUT2D eigenvalue weighted by atomic mass is 10.1. The lowest BCUT2D eigenvalue weighted by molar-refractivity contribution is -0.121. The average Bonchev–Trinajstić information content (AvgIpc) is 3.24. The number of anilines is 1. The van der Waals surface area contributed by atoms with E-state index in [-0.39, 0.29) is 30.4 Å². The topological polar surface area (TPSA) is 130 Å². The van der Waals surface area contributed by atoms with E-state index < -0.39 is 0 Å². The van der Waals surface area contributed by atoms with Gasteiger partial charge >= 0.3 is 0 Å². The number of nitrogens with zero attached hydrogens (tertiary/aromatic N) is 5. The zero-order valence-electron chi connectivity index (χ0n) is 17.9. The maximum atomic E-state index is 12.8. The molecule has 0 radical (unpaired) electrons. The van der Waals surface area contributed by atoms with Crippen LogP contribution in [0.2, 0.25) is 0 Å². The van der Waals surface area contributed by atoms with E-state index in [0.29, 0.717) is 23.4 Å². The molecule has 0 aliphatic carbocycles. The van der Waals surface area contributed by atoms with Crippen LogP contribution in [0.25, 0.3) is 11.2 Å². The number of H-pyrrole nitrogens is 1. The molecule has 0 aliphatic heterocycles. The second-order valence-corrected chi connectivity index (χ2v) is 7.48. The summed E-state index contributed by atoms with van der Waals surface area (Å²) in [6.07, 6.45) is 2.35. The molecule has 3 N–H and O–H groups in total. The van der Waals surface area contributed by atoms with Crippen LogP contribution < -0.4 is 16.2 Å². The molecule has 0 spiro atoms. The molecule has 0 bridgehead atoms. The van der Waals surface area contributed by atoms with Gasteiger partial charge in [-0.2, -0.15) is 10.3 Å². The highest BCUT2D eigenvalue weighted by Gasteiger charge is 2.13. The second-order valence-electron chi connectivity index (χ2n) is 7.48. The summed E-state index contributed by atoms with van der Waals surface area (Å²) in [5.41, 5.74) is 4.21. The molecule has 0 aliphatic rings. The lowest BCUT2D eigenvalue weighted by Gasteiger charge is -2.13. The zero-order valence-corrected chi connectivity index (χ0v) is 17.9. The summed E-state index contributed by atoms with van der Waals surface area (Å²) in [7, 11) is 0. The highest BCUT2D eigenvalue weighted by Crippen LogP contribution is 2.12. The van der Waals surface area contributed by atoms with Crippen LogP contribution in [0.1, 0.15) is 22.5 Å². The van der Waals surface area contributed by atoms with E-state index in [2.05, 4.69) is 36.0 Å². The van der Waals surface area contributed by atoms with Crippen LogP contribution in [0.4, 0.5) is 5.82 Å². The Hall–Kier alpha value is -4.08. The van der Waals surface area contributed by atoms with Crippen LogP contribution in [0.5, 0.6) is 0 Å². The van der Waals surface area contributed by atoms with E-state index >= 15 is 0 Å². The number of nitrogens with one attached hydrogen (secondary N) is 3. The van der Waals surface area contributed by atoms with Gasteiger partial charge in [0.1, 0.15) is 12.1 Å². The van der Waals surface area contributed by atoms with E-state index in [4.69, 9.17) is 0 Å². The summed E-state index contributed by atoms with van der Waals surface area (Å²) in [5.74, 6) is -0.0489.